The molecule has 1 aromatic heterocycles. The van der Waals surface area contributed by atoms with Gasteiger partial charge >= 0.3 is 0 Å². The molecule has 17 heavy (non-hydrogen) atoms. The normalized spacial score (nSPS) is 12.6. The van der Waals surface area contributed by atoms with Crippen molar-refractivity contribution in [1.29, 1.82) is 0 Å². The van der Waals surface area contributed by atoms with E-state index in [0.29, 0.717) is 6.04 Å². The Kier molecular flexibility index (Phi) is 3.86. The fourth-order valence-electron chi connectivity index (χ4n) is 1.86. The molecule has 0 aliphatic rings. The molecule has 1 N–H and O–H groups in total. The van der Waals surface area contributed by atoms with Crippen LogP contribution in [0.2, 0.25) is 0 Å². The second-order valence-corrected chi connectivity index (χ2v) is 4.97. The van der Waals surface area contributed by atoms with Gasteiger partial charge in [-0.25, -0.2) is 0 Å². The van der Waals surface area contributed by atoms with Crippen molar-refractivity contribution >= 4 is 11.5 Å². The van der Waals surface area contributed by atoms with Gasteiger partial charge in [0.2, 0.25) is 0 Å². The van der Waals surface area contributed by atoms with Crippen LogP contribution >= 0.6 is 11.5 Å². The van der Waals surface area contributed by atoms with Crippen LogP contribution in [0.4, 0.5) is 0 Å². The van der Waals surface area contributed by atoms with Crippen molar-refractivity contribution in [2.24, 2.45) is 0 Å². The molecule has 1 aromatic carbocycles. The molecule has 4 heteroatoms. The molecule has 0 saturated heterocycles. The second-order valence-electron chi connectivity index (χ2n) is 4.36. The van der Waals surface area contributed by atoms with E-state index in [4.69, 9.17) is 0 Å². The van der Waals surface area contributed by atoms with Gasteiger partial charge in [-0.15, -0.1) is 5.10 Å². The summed E-state index contributed by atoms with van der Waals surface area (Å²) in [5.41, 5.74) is 4.99. The fourth-order valence-corrected chi connectivity index (χ4v) is 2.31. The maximum absolute atomic E-state index is 4.03. The lowest BCUT2D eigenvalue weighted by Crippen LogP contribution is -2.19. The summed E-state index contributed by atoms with van der Waals surface area (Å²) in [6, 6.07) is 6.90. The first-order chi connectivity index (χ1) is 8.16. The molecule has 2 aromatic rings. The van der Waals surface area contributed by atoms with Crippen LogP contribution in [-0.2, 0) is 6.54 Å². The van der Waals surface area contributed by atoms with Crippen molar-refractivity contribution in [2.45, 2.75) is 33.4 Å². The third kappa shape index (κ3) is 3.11. The van der Waals surface area contributed by atoms with E-state index in [1.54, 1.807) is 0 Å². The highest BCUT2D eigenvalue weighted by Gasteiger charge is 2.08. The van der Waals surface area contributed by atoms with Crippen LogP contribution < -0.4 is 5.32 Å². The lowest BCUT2D eigenvalue weighted by molar-refractivity contribution is 0.564. The van der Waals surface area contributed by atoms with E-state index in [2.05, 4.69) is 53.9 Å². The highest BCUT2D eigenvalue weighted by molar-refractivity contribution is 7.03. The zero-order valence-corrected chi connectivity index (χ0v) is 11.2. The van der Waals surface area contributed by atoms with E-state index in [1.807, 2.05) is 5.38 Å². The smallest absolute Gasteiger partial charge is 0.0893 e. The Morgan fingerprint density at radius 1 is 1.35 bits per heavy atom. The number of hydrogen-bond donors (Lipinski definition) is 1. The van der Waals surface area contributed by atoms with E-state index >= 15 is 0 Å². The maximum Gasteiger partial charge on any atom is 0.0893 e. The van der Waals surface area contributed by atoms with Gasteiger partial charge in [-0.1, -0.05) is 28.3 Å². The largest absolute Gasteiger partial charge is 0.304 e. The van der Waals surface area contributed by atoms with Crippen LogP contribution in [0.1, 0.15) is 35.3 Å². The van der Waals surface area contributed by atoms with Gasteiger partial charge in [-0.05, 0) is 43.4 Å². The van der Waals surface area contributed by atoms with Gasteiger partial charge < -0.3 is 5.32 Å². The SMILES string of the molecule is Cc1ccc(C)c(C(C)NCc2csnn2)c1. The number of hydrogen-bond acceptors (Lipinski definition) is 4. The van der Waals surface area contributed by atoms with Gasteiger partial charge in [0.05, 0.1) is 5.69 Å². The number of aryl methyl sites for hydroxylation is 2. The Bertz CT molecular complexity index is 479. The molecule has 0 aliphatic heterocycles. The van der Waals surface area contributed by atoms with Crippen molar-refractivity contribution < 1.29 is 0 Å². The van der Waals surface area contributed by atoms with Crippen molar-refractivity contribution in [3.05, 3.63) is 46.0 Å². The molecule has 90 valence electrons. The standard InChI is InChI=1S/C13H17N3S/c1-9-4-5-10(2)13(6-9)11(3)14-7-12-8-17-16-15-12/h4-6,8,11,14H,7H2,1-3H3. The minimum Gasteiger partial charge on any atom is -0.304 e. The number of benzene rings is 1. The van der Waals surface area contributed by atoms with Gasteiger partial charge in [0, 0.05) is 18.0 Å². The molecule has 0 fully saturated rings. The Balaban J connectivity index is 2.04. The van der Waals surface area contributed by atoms with Crippen LogP contribution in [0.15, 0.2) is 23.6 Å². The van der Waals surface area contributed by atoms with Crippen LogP contribution in [0.3, 0.4) is 0 Å². The Labute approximate surface area is 106 Å². The molecule has 0 saturated carbocycles. The molecular weight excluding hydrogens is 230 g/mol. The Hall–Kier alpha value is -1.26. The summed E-state index contributed by atoms with van der Waals surface area (Å²) in [6.45, 7) is 7.23. The van der Waals surface area contributed by atoms with E-state index < -0.39 is 0 Å². The zero-order chi connectivity index (χ0) is 12.3. The van der Waals surface area contributed by atoms with E-state index in [9.17, 15) is 0 Å². The molecular formula is C13H17N3S. The molecule has 0 radical (unpaired) electrons. The summed E-state index contributed by atoms with van der Waals surface area (Å²) in [4.78, 5) is 0. The topological polar surface area (TPSA) is 37.8 Å². The predicted molar refractivity (Wildman–Crippen MR) is 71.1 cm³/mol. The Morgan fingerprint density at radius 2 is 2.18 bits per heavy atom. The van der Waals surface area contributed by atoms with E-state index in [-0.39, 0.29) is 0 Å². The number of nitrogens with zero attached hydrogens (tertiary/aromatic N) is 2. The quantitative estimate of drug-likeness (QED) is 0.902. The monoisotopic (exact) mass is 247 g/mol. The Morgan fingerprint density at radius 3 is 2.88 bits per heavy atom. The van der Waals surface area contributed by atoms with Crippen molar-refractivity contribution in [3.63, 3.8) is 0 Å². The van der Waals surface area contributed by atoms with E-state index in [1.165, 1.54) is 28.2 Å². The molecule has 1 heterocycles. The summed E-state index contributed by atoms with van der Waals surface area (Å²) in [7, 11) is 0. The minimum absolute atomic E-state index is 0.330. The lowest BCUT2D eigenvalue weighted by atomic mass is 10.00. The number of rotatable bonds is 4. The van der Waals surface area contributed by atoms with Gasteiger partial charge in [0.25, 0.3) is 0 Å². The lowest BCUT2D eigenvalue weighted by Gasteiger charge is -2.16. The van der Waals surface area contributed by atoms with Gasteiger partial charge in [0.1, 0.15) is 0 Å². The average Bonchev–Trinajstić information content (AvgIpc) is 2.82. The van der Waals surface area contributed by atoms with Gasteiger partial charge in [-0.3, -0.25) is 0 Å². The van der Waals surface area contributed by atoms with Crippen LogP contribution in [-0.4, -0.2) is 9.59 Å². The molecule has 2 rings (SSSR count). The van der Waals surface area contributed by atoms with Crippen molar-refractivity contribution in [2.75, 3.05) is 0 Å². The highest BCUT2D eigenvalue weighted by Crippen LogP contribution is 2.19. The fraction of sp³-hybridized carbons (Fsp3) is 0.385. The first-order valence-corrected chi connectivity index (χ1v) is 6.57. The maximum atomic E-state index is 4.03. The predicted octanol–water partition coefficient (Wildman–Crippen LogP) is 3.01. The highest BCUT2D eigenvalue weighted by atomic mass is 32.1. The van der Waals surface area contributed by atoms with Crippen molar-refractivity contribution in [1.82, 2.24) is 14.9 Å². The molecule has 1 unspecified atom stereocenters. The van der Waals surface area contributed by atoms with Crippen LogP contribution in [0.5, 0.6) is 0 Å². The van der Waals surface area contributed by atoms with Gasteiger partial charge in [0.15, 0.2) is 0 Å². The third-order valence-electron chi connectivity index (χ3n) is 2.90. The van der Waals surface area contributed by atoms with E-state index in [0.717, 1.165) is 12.2 Å². The third-order valence-corrected chi connectivity index (χ3v) is 3.45. The zero-order valence-electron chi connectivity index (χ0n) is 10.4. The summed E-state index contributed by atoms with van der Waals surface area (Å²) >= 11 is 1.39. The molecule has 0 amide bonds. The van der Waals surface area contributed by atoms with Crippen LogP contribution in [0.25, 0.3) is 0 Å². The number of aromatic nitrogens is 2. The average molecular weight is 247 g/mol. The first-order valence-electron chi connectivity index (χ1n) is 5.73. The van der Waals surface area contributed by atoms with Gasteiger partial charge in [-0.2, -0.15) is 0 Å². The first kappa shape index (κ1) is 12.2. The molecule has 1 atom stereocenters. The number of nitrogens with one attached hydrogen (secondary N) is 1. The second kappa shape index (κ2) is 5.38. The molecule has 0 spiro atoms. The summed E-state index contributed by atoms with van der Waals surface area (Å²) in [6.07, 6.45) is 0. The molecule has 3 nitrogen and oxygen atoms in total. The molecule has 0 bridgehead atoms. The van der Waals surface area contributed by atoms with Crippen LogP contribution in [0, 0.1) is 13.8 Å². The molecule has 0 aliphatic carbocycles. The minimum atomic E-state index is 0.330. The summed E-state index contributed by atoms with van der Waals surface area (Å²) in [5, 5.41) is 9.48. The summed E-state index contributed by atoms with van der Waals surface area (Å²) < 4.78 is 3.86. The van der Waals surface area contributed by atoms with Crippen molar-refractivity contribution in [3.8, 4) is 0 Å². The summed E-state index contributed by atoms with van der Waals surface area (Å²) in [5.74, 6) is 0.